The molecule has 0 aliphatic carbocycles. The molecule has 4 heteroatoms. The van der Waals surface area contributed by atoms with E-state index in [1.165, 1.54) is 0 Å². The highest BCUT2D eigenvalue weighted by Crippen LogP contribution is 2.18. The molecule has 11 heavy (non-hydrogen) atoms. The van der Waals surface area contributed by atoms with Crippen LogP contribution in [0, 0.1) is 0 Å². The van der Waals surface area contributed by atoms with Crippen LogP contribution in [0.1, 0.15) is 10.8 Å². The Labute approximate surface area is 69.5 Å². The van der Waals surface area contributed by atoms with Gasteiger partial charge in [0.1, 0.15) is 5.25 Å². The highest BCUT2D eigenvalue weighted by Gasteiger charge is 2.13. The Bertz CT molecular complexity index is 250. The summed E-state index contributed by atoms with van der Waals surface area (Å²) in [6.07, 6.45) is 3.09. The van der Waals surface area contributed by atoms with Crippen molar-refractivity contribution in [1.29, 1.82) is 0 Å². The van der Waals surface area contributed by atoms with Crippen molar-refractivity contribution in [2.45, 2.75) is 5.25 Å². The molecule has 0 saturated heterocycles. The SMILES string of the molecule is O=C(O)[C@@H](S)c1ccncc1. The maximum atomic E-state index is 10.4. The van der Waals surface area contributed by atoms with Crippen LogP contribution in [0.3, 0.4) is 0 Å². The van der Waals surface area contributed by atoms with Gasteiger partial charge in [0.15, 0.2) is 0 Å². The van der Waals surface area contributed by atoms with E-state index >= 15 is 0 Å². The summed E-state index contributed by atoms with van der Waals surface area (Å²) in [5, 5.41) is 7.79. The lowest BCUT2D eigenvalue weighted by Crippen LogP contribution is -2.04. The third-order valence-corrected chi connectivity index (χ3v) is 1.77. The molecule has 0 aromatic carbocycles. The maximum Gasteiger partial charge on any atom is 0.320 e. The van der Waals surface area contributed by atoms with E-state index in [2.05, 4.69) is 17.6 Å². The third-order valence-electron chi connectivity index (χ3n) is 1.26. The third kappa shape index (κ3) is 1.94. The predicted octanol–water partition coefficient (Wildman–Crippen LogP) is 1.14. The molecule has 0 amide bonds. The van der Waals surface area contributed by atoms with Crippen LogP contribution in [0.15, 0.2) is 24.5 Å². The molecule has 0 aliphatic heterocycles. The highest BCUT2D eigenvalue weighted by atomic mass is 32.1. The average molecular weight is 169 g/mol. The Kier molecular flexibility index (Phi) is 2.48. The second-order valence-electron chi connectivity index (χ2n) is 2.02. The van der Waals surface area contributed by atoms with Gasteiger partial charge in [-0.2, -0.15) is 12.6 Å². The number of carbonyl (C=O) groups is 1. The molecule has 0 saturated carbocycles. The van der Waals surface area contributed by atoms with E-state index in [0.717, 1.165) is 0 Å². The summed E-state index contributed by atoms with van der Waals surface area (Å²) in [4.78, 5) is 14.2. The predicted molar refractivity (Wildman–Crippen MR) is 43.6 cm³/mol. The fraction of sp³-hybridized carbons (Fsp3) is 0.143. The number of nitrogens with zero attached hydrogens (tertiary/aromatic N) is 1. The molecule has 0 aliphatic rings. The number of aliphatic carboxylic acids is 1. The van der Waals surface area contributed by atoms with Gasteiger partial charge in [-0.3, -0.25) is 9.78 Å². The van der Waals surface area contributed by atoms with Gasteiger partial charge in [0.05, 0.1) is 0 Å². The largest absolute Gasteiger partial charge is 0.480 e. The van der Waals surface area contributed by atoms with Crippen LogP contribution in [0.2, 0.25) is 0 Å². The number of hydrogen-bond acceptors (Lipinski definition) is 3. The molecule has 1 aromatic heterocycles. The van der Waals surface area contributed by atoms with Crippen LogP contribution in [0.4, 0.5) is 0 Å². The first-order chi connectivity index (χ1) is 5.22. The van der Waals surface area contributed by atoms with Gasteiger partial charge >= 0.3 is 5.97 Å². The quantitative estimate of drug-likeness (QED) is 0.653. The maximum absolute atomic E-state index is 10.4. The lowest BCUT2D eigenvalue weighted by atomic mass is 10.2. The monoisotopic (exact) mass is 169 g/mol. The second-order valence-corrected chi connectivity index (χ2v) is 2.54. The second kappa shape index (κ2) is 3.39. The molecule has 0 radical (unpaired) electrons. The minimum Gasteiger partial charge on any atom is -0.480 e. The number of carboxylic acid groups (broad SMARTS) is 1. The minimum absolute atomic E-state index is 0.649. The van der Waals surface area contributed by atoms with E-state index in [9.17, 15) is 4.79 Å². The van der Waals surface area contributed by atoms with Crippen LogP contribution in [0.25, 0.3) is 0 Å². The summed E-state index contributed by atoms with van der Waals surface area (Å²) in [7, 11) is 0. The molecule has 0 unspecified atom stereocenters. The summed E-state index contributed by atoms with van der Waals surface area (Å²) >= 11 is 3.89. The topological polar surface area (TPSA) is 50.2 Å². The molecule has 1 N–H and O–H groups in total. The number of thiol groups is 1. The van der Waals surface area contributed by atoms with Crippen molar-refractivity contribution in [3.8, 4) is 0 Å². The number of carboxylic acids is 1. The zero-order valence-corrected chi connectivity index (χ0v) is 6.53. The van der Waals surface area contributed by atoms with Crippen LogP contribution in [-0.2, 0) is 4.79 Å². The molecule has 1 atom stereocenters. The fourth-order valence-electron chi connectivity index (χ4n) is 0.688. The Morgan fingerprint density at radius 2 is 2.09 bits per heavy atom. The lowest BCUT2D eigenvalue weighted by molar-refractivity contribution is -0.136. The number of rotatable bonds is 2. The van der Waals surface area contributed by atoms with Gasteiger partial charge in [-0.1, -0.05) is 0 Å². The number of hydrogen-bond donors (Lipinski definition) is 2. The number of pyridine rings is 1. The molecule has 0 fully saturated rings. The van der Waals surface area contributed by atoms with E-state index in [1.807, 2.05) is 0 Å². The van der Waals surface area contributed by atoms with Gasteiger partial charge in [0.25, 0.3) is 0 Å². The Hall–Kier alpha value is -1.03. The normalized spacial score (nSPS) is 12.5. The Morgan fingerprint density at radius 1 is 1.55 bits per heavy atom. The highest BCUT2D eigenvalue weighted by molar-refractivity contribution is 7.81. The minimum atomic E-state index is -0.945. The van der Waals surface area contributed by atoms with Crippen LogP contribution >= 0.6 is 12.6 Å². The summed E-state index contributed by atoms with van der Waals surface area (Å²) in [6, 6.07) is 3.26. The van der Waals surface area contributed by atoms with Gasteiger partial charge in [0, 0.05) is 12.4 Å². The van der Waals surface area contributed by atoms with Crippen molar-refractivity contribution < 1.29 is 9.90 Å². The van der Waals surface area contributed by atoms with E-state index in [4.69, 9.17) is 5.11 Å². The first kappa shape index (κ1) is 8.07. The molecular formula is C7H7NO2S. The zero-order valence-electron chi connectivity index (χ0n) is 5.64. The molecular weight excluding hydrogens is 162 g/mol. The van der Waals surface area contributed by atoms with Gasteiger partial charge in [-0.25, -0.2) is 0 Å². The summed E-state index contributed by atoms with van der Waals surface area (Å²) < 4.78 is 0. The lowest BCUT2D eigenvalue weighted by Gasteiger charge is -2.02. The van der Waals surface area contributed by atoms with E-state index in [0.29, 0.717) is 5.56 Å². The summed E-state index contributed by atoms with van der Waals surface area (Å²) in [6.45, 7) is 0. The average Bonchev–Trinajstić information content (AvgIpc) is 2.05. The standard InChI is InChI=1S/C7H7NO2S/c9-7(10)6(11)5-1-3-8-4-2-5/h1-4,6,11H,(H,9,10)/t6-/m0/s1. The molecule has 1 heterocycles. The van der Waals surface area contributed by atoms with Crippen molar-refractivity contribution in [2.24, 2.45) is 0 Å². The van der Waals surface area contributed by atoms with Crippen LogP contribution < -0.4 is 0 Å². The van der Waals surface area contributed by atoms with Crippen molar-refractivity contribution in [2.75, 3.05) is 0 Å². The molecule has 1 rings (SSSR count). The molecule has 0 spiro atoms. The summed E-state index contributed by atoms with van der Waals surface area (Å²) in [5.41, 5.74) is 0.649. The van der Waals surface area contributed by atoms with Gasteiger partial charge in [-0.05, 0) is 17.7 Å². The Morgan fingerprint density at radius 3 is 2.55 bits per heavy atom. The zero-order chi connectivity index (χ0) is 8.27. The van der Waals surface area contributed by atoms with Crippen LogP contribution in [0.5, 0.6) is 0 Å². The van der Waals surface area contributed by atoms with E-state index in [-0.39, 0.29) is 0 Å². The smallest absolute Gasteiger partial charge is 0.320 e. The first-order valence-corrected chi connectivity index (χ1v) is 3.54. The number of aromatic nitrogens is 1. The van der Waals surface area contributed by atoms with Gasteiger partial charge < -0.3 is 5.11 Å². The summed E-state index contributed by atoms with van der Waals surface area (Å²) in [5.74, 6) is -0.945. The molecule has 3 nitrogen and oxygen atoms in total. The molecule has 1 aromatic rings. The fourth-order valence-corrected chi connectivity index (χ4v) is 0.860. The van der Waals surface area contributed by atoms with Crippen molar-refractivity contribution in [3.63, 3.8) is 0 Å². The van der Waals surface area contributed by atoms with E-state index < -0.39 is 11.2 Å². The van der Waals surface area contributed by atoms with E-state index in [1.54, 1.807) is 24.5 Å². The van der Waals surface area contributed by atoms with Crippen LogP contribution in [-0.4, -0.2) is 16.1 Å². The first-order valence-electron chi connectivity index (χ1n) is 3.02. The van der Waals surface area contributed by atoms with Crippen molar-refractivity contribution >= 4 is 18.6 Å². The Balaban J connectivity index is 2.85. The molecule has 0 bridgehead atoms. The van der Waals surface area contributed by atoms with Crippen molar-refractivity contribution in [1.82, 2.24) is 4.98 Å². The molecule has 58 valence electrons. The van der Waals surface area contributed by atoms with Gasteiger partial charge in [-0.15, -0.1) is 0 Å². The van der Waals surface area contributed by atoms with Gasteiger partial charge in [0.2, 0.25) is 0 Å². The van der Waals surface area contributed by atoms with Crippen molar-refractivity contribution in [3.05, 3.63) is 30.1 Å².